The summed E-state index contributed by atoms with van der Waals surface area (Å²) >= 11 is 0. The van der Waals surface area contributed by atoms with E-state index in [4.69, 9.17) is 0 Å². The molecule has 5 rings (SSSR count). The molecule has 0 saturated carbocycles. The van der Waals surface area contributed by atoms with Gasteiger partial charge in [0.2, 0.25) is 0 Å². The minimum atomic E-state index is 0.00422. The molecule has 0 bridgehead atoms. The monoisotopic (exact) mass is 382 g/mol. The topological polar surface area (TPSA) is 51.0 Å². The average Bonchev–Trinajstić information content (AvgIpc) is 3.03. The van der Waals surface area contributed by atoms with Crippen molar-refractivity contribution in [3.05, 3.63) is 89.7 Å². The Labute approximate surface area is 169 Å². The van der Waals surface area contributed by atoms with Gasteiger partial charge in [-0.2, -0.15) is 5.10 Å². The van der Waals surface area contributed by atoms with Crippen LogP contribution in [0.1, 0.15) is 34.3 Å². The molecular formula is C24H22N4O. The summed E-state index contributed by atoms with van der Waals surface area (Å²) in [6.07, 6.45) is 6.60. The second kappa shape index (κ2) is 7.51. The third-order valence-corrected chi connectivity index (χ3v) is 5.50. The highest BCUT2D eigenvalue weighted by Crippen LogP contribution is 2.28. The lowest BCUT2D eigenvalue weighted by Gasteiger charge is -2.22. The number of hydrogen-bond acceptors (Lipinski definition) is 3. The van der Waals surface area contributed by atoms with E-state index in [0.717, 1.165) is 42.5 Å². The number of aryl methyl sites for hydroxylation is 1. The fourth-order valence-corrected chi connectivity index (χ4v) is 4.02. The zero-order valence-corrected chi connectivity index (χ0v) is 16.2. The van der Waals surface area contributed by atoms with Gasteiger partial charge >= 0.3 is 0 Å². The van der Waals surface area contributed by atoms with E-state index < -0.39 is 0 Å². The minimum absolute atomic E-state index is 0.00422. The lowest BCUT2D eigenvalue weighted by Crippen LogP contribution is -2.31. The second-order valence-corrected chi connectivity index (χ2v) is 7.47. The maximum Gasteiger partial charge on any atom is 0.259 e. The zero-order chi connectivity index (χ0) is 19.6. The summed E-state index contributed by atoms with van der Waals surface area (Å²) in [5.41, 5.74) is 4.83. The van der Waals surface area contributed by atoms with Gasteiger partial charge in [0.05, 0.1) is 18.3 Å². The number of anilines is 1. The molecule has 29 heavy (non-hydrogen) atoms. The summed E-state index contributed by atoms with van der Waals surface area (Å²) in [5, 5.41) is 5.37. The second-order valence-electron chi connectivity index (χ2n) is 7.47. The van der Waals surface area contributed by atoms with Crippen LogP contribution in [-0.2, 0) is 13.0 Å². The number of nitrogens with zero attached hydrogens (tertiary/aromatic N) is 4. The van der Waals surface area contributed by atoms with Crippen molar-refractivity contribution in [1.82, 2.24) is 14.8 Å². The van der Waals surface area contributed by atoms with Crippen molar-refractivity contribution in [1.29, 1.82) is 0 Å². The fourth-order valence-electron chi connectivity index (χ4n) is 4.02. The molecule has 1 aliphatic rings. The summed E-state index contributed by atoms with van der Waals surface area (Å²) in [5.74, 6) is 0.00422. The van der Waals surface area contributed by atoms with Gasteiger partial charge in [-0.1, -0.05) is 48.5 Å². The van der Waals surface area contributed by atoms with Gasteiger partial charge < -0.3 is 4.90 Å². The first-order valence-electron chi connectivity index (χ1n) is 10.0. The Hall–Kier alpha value is -3.47. The number of hydrogen-bond donors (Lipinski definition) is 0. The summed E-state index contributed by atoms with van der Waals surface area (Å²) in [7, 11) is 0. The highest BCUT2D eigenvalue weighted by Gasteiger charge is 2.23. The molecule has 0 saturated heterocycles. The molecule has 0 N–H and O–H groups in total. The molecule has 1 amide bonds. The van der Waals surface area contributed by atoms with Crippen LogP contribution in [0.15, 0.2) is 73.1 Å². The molecule has 3 heterocycles. The Morgan fingerprint density at radius 3 is 2.69 bits per heavy atom. The van der Waals surface area contributed by atoms with Crippen LogP contribution in [0, 0.1) is 0 Å². The van der Waals surface area contributed by atoms with E-state index in [0.29, 0.717) is 12.1 Å². The standard InChI is InChI=1S/C24H22N4O/c29-24(27-13-7-6-11-19-10-4-5-12-22(19)27)21-14-20-16-26-28(23(20)25-15-21)17-18-8-2-1-3-9-18/h1-5,8-10,12,14-16H,6-7,11,13,17H2. The summed E-state index contributed by atoms with van der Waals surface area (Å²) < 4.78 is 1.88. The molecule has 0 spiro atoms. The van der Waals surface area contributed by atoms with Crippen molar-refractivity contribution in [3.63, 3.8) is 0 Å². The van der Waals surface area contributed by atoms with Gasteiger partial charge in [-0.15, -0.1) is 0 Å². The fraction of sp³-hybridized carbons (Fsp3) is 0.208. The Morgan fingerprint density at radius 2 is 1.79 bits per heavy atom. The average molecular weight is 382 g/mol. The third-order valence-electron chi connectivity index (χ3n) is 5.50. The van der Waals surface area contributed by atoms with Crippen LogP contribution < -0.4 is 4.90 Å². The largest absolute Gasteiger partial charge is 0.308 e. The van der Waals surface area contributed by atoms with Gasteiger partial charge in [-0.3, -0.25) is 4.79 Å². The molecule has 0 aliphatic carbocycles. The Morgan fingerprint density at radius 1 is 0.966 bits per heavy atom. The number of pyridine rings is 1. The predicted octanol–water partition coefficient (Wildman–Crippen LogP) is 4.46. The maximum absolute atomic E-state index is 13.3. The predicted molar refractivity (Wildman–Crippen MR) is 114 cm³/mol. The Kier molecular flexibility index (Phi) is 4.56. The Balaban J connectivity index is 1.46. The summed E-state index contributed by atoms with van der Waals surface area (Å²) in [6, 6.07) is 20.3. The molecule has 144 valence electrons. The molecule has 2 aromatic heterocycles. The molecule has 0 fully saturated rings. The first-order valence-corrected chi connectivity index (χ1v) is 10.0. The number of aromatic nitrogens is 3. The van der Waals surface area contributed by atoms with Crippen LogP contribution in [0.5, 0.6) is 0 Å². The van der Waals surface area contributed by atoms with Crippen LogP contribution in [0.25, 0.3) is 11.0 Å². The van der Waals surface area contributed by atoms with E-state index in [1.165, 1.54) is 11.1 Å². The van der Waals surface area contributed by atoms with E-state index in [9.17, 15) is 4.79 Å². The van der Waals surface area contributed by atoms with Crippen molar-refractivity contribution in [2.75, 3.05) is 11.4 Å². The summed E-state index contributed by atoms with van der Waals surface area (Å²) in [6.45, 7) is 1.39. The lowest BCUT2D eigenvalue weighted by molar-refractivity contribution is 0.0986. The smallest absolute Gasteiger partial charge is 0.259 e. The molecule has 1 aliphatic heterocycles. The minimum Gasteiger partial charge on any atom is -0.308 e. The normalized spacial score (nSPS) is 13.9. The van der Waals surface area contributed by atoms with E-state index in [2.05, 4.69) is 28.3 Å². The van der Waals surface area contributed by atoms with Crippen LogP contribution >= 0.6 is 0 Å². The first kappa shape index (κ1) is 17.6. The van der Waals surface area contributed by atoms with Crippen LogP contribution in [0.2, 0.25) is 0 Å². The number of para-hydroxylation sites is 1. The van der Waals surface area contributed by atoms with E-state index in [1.807, 2.05) is 52.0 Å². The molecule has 5 nitrogen and oxygen atoms in total. The van der Waals surface area contributed by atoms with Gasteiger partial charge in [0.15, 0.2) is 5.65 Å². The first-order chi connectivity index (χ1) is 14.3. The quantitative estimate of drug-likeness (QED) is 0.526. The third kappa shape index (κ3) is 3.40. The van der Waals surface area contributed by atoms with Crippen molar-refractivity contribution >= 4 is 22.6 Å². The van der Waals surface area contributed by atoms with Gasteiger partial charge in [0.1, 0.15) is 0 Å². The molecule has 4 aromatic rings. The highest BCUT2D eigenvalue weighted by molar-refractivity contribution is 6.07. The number of carbonyl (C=O) groups excluding carboxylic acids is 1. The molecular weight excluding hydrogens is 360 g/mol. The number of fused-ring (bicyclic) bond motifs is 2. The van der Waals surface area contributed by atoms with Gasteiger partial charge in [-0.05, 0) is 42.5 Å². The molecule has 2 aromatic carbocycles. The number of amides is 1. The molecule has 0 unspecified atom stereocenters. The Bertz CT molecular complexity index is 1170. The van der Waals surface area contributed by atoms with Crippen molar-refractivity contribution in [2.24, 2.45) is 0 Å². The van der Waals surface area contributed by atoms with Crippen molar-refractivity contribution < 1.29 is 4.79 Å². The van der Waals surface area contributed by atoms with E-state index in [1.54, 1.807) is 12.4 Å². The molecule has 5 heteroatoms. The van der Waals surface area contributed by atoms with Crippen molar-refractivity contribution in [3.8, 4) is 0 Å². The summed E-state index contributed by atoms with van der Waals surface area (Å²) in [4.78, 5) is 19.8. The van der Waals surface area contributed by atoms with E-state index >= 15 is 0 Å². The van der Waals surface area contributed by atoms with Crippen LogP contribution in [0.4, 0.5) is 5.69 Å². The van der Waals surface area contributed by atoms with Gasteiger partial charge in [0, 0.05) is 23.8 Å². The van der Waals surface area contributed by atoms with Crippen LogP contribution in [-0.4, -0.2) is 27.2 Å². The molecule has 0 radical (unpaired) electrons. The number of carbonyl (C=O) groups is 1. The number of benzene rings is 2. The maximum atomic E-state index is 13.3. The lowest BCUT2D eigenvalue weighted by atomic mass is 10.1. The van der Waals surface area contributed by atoms with Gasteiger partial charge in [0.25, 0.3) is 5.91 Å². The van der Waals surface area contributed by atoms with Gasteiger partial charge in [-0.25, -0.2) is 9.67 Å². The number of rotatable bonds is 3. The SMILES string of the molecule is O=C(c1cnc2c(cnn2Cc2ccccc2)c1)N1CCCCc2ccccc21. The molecule has 0 atom stereocenters. The van der Waals surface area contributed by atoms with Crippen molar-refractivity contribution in [2.45, 2.75) is 25.8 Å². The highest BCUT2D eigenvalue weighted by atomic mass is 16.2. The zero-order valence-electron chi connectivity index (χ0n) is 16.2. The van der Waals surface area contributed by atoms with Crippen LogP contribution in [0.3, 0.4) is 0 Å². The van der Waals surface area contributed by atoms with E-state index in [-0.39, 0.29) is 5.91 Å².